The molecule has 2 fully saturated rings. The normalized spacial score (nSPS) is 19.7. The van der Waals surface area contributed by atoms with Crippen LogP contribution in [0.3, 0.4) is 0 Å². The van der Waals surface area contributed by atoms with Crippen molar-refractivity contribution in [3.8, 4) is 0 Å². The standard InChI is InChI=1S/C23H33N5O3/c1-4-9-28-20-19(21(29)25-23(28)31)17(13-18(24-20)15(2)3)22(30)27-12-7-8-16(27)14-26-10-5-6-11-26/h13,15-16H,4-12,14H2,1-3H3,(H,25,29,31). The van der Waals surface area contributed by atoms with Crippen LogP contribution in [0, 0.1) is 0 Å². The Morgan fingerprint density at radius 2 is 1.94 bits per heavy atom. The highest BCUT2D eigenvalue weighted by molar-refractivity contribution is 6.05. The molecule has 2 aromatic rings. The Morgan fingerprint density at radius 3 is 2.61 bits per heavy atom. The first-order valence-corrected chi connectivity index (χ1v) is 11.6. The Bertz CT molecular complexity index is 1080. The molecule has 2 saturated heterocycles. The third-order valence-corrected chi connectivity index (χ3v) is 6.54. The molecular weight excluding hydrogens is 394 g/mol. The summed E-state index contributed by atoms with van der Waals surface area (Å²) in [4.78, 5) is 50.5. The van der Waals surface area contributed by atoms with Gasteiger partial charge in [-0.25, -0.2) is 9.78 Å². The fraction of sp³-hybridized carbons (Fsp3) is 0.652. The van der Waals surface area contributed by atoms with Crippen LogP contribution in [0.15, 0.2) is 15.7 Å². The molecule has 168 valence electrons. The first-order chi connectivity index (χ1) is 14.9. The summed E-state index contributed by atoms with van der Waals surface area (Å²) >= 11 is 0. The van der Waals surface area contributed by atoms with E-state index in [1.165, 1.54) is 17.4 Å². The lowest BCUT2D eigenvalue weighted by atomic mass is 10.0. The van der Waals surface area contributed by atoms with E-state index < -0.39 is 11.2 Å². The van der Waals surface area contributed by atoms with Crippen molar-refractivity contribution in [3.05, 3.63) is 38.2 Å². The van der Waals surface area contributed by atoms with E-state index in [2.05, 4.69) is 14.9 Å². The van der Waals surface area contributed by atoms with Gasteiger partial charge in [-0.05, 0) is 57.2 Å². The van der Waals surface area contributed by atoms with Gasteiger partial charge in [0.1, 0.15) is 0 Å². The van der Waals surface area contributed by atoms with Crippen LogP contribution in [0.4, 0.5) is 0 Å². The second-order valence-corrected chi connectivity index (χ2v) is 9.16. The van der Waals surface area contributed by atoms with Crippen molar-refractivity contribution in [2.75, 3.05) is 26.2 Å². The number of nitrogens with one attached hydrogen (secondary N) is 1. The molecule has 2 aromatic heterocycles. The molecule has 4 heterocycles. The van der Waals surface area contributed by atoms with Gasteiger partial charge < -0.3 is 9.80 Å². The van der Waals surface area contributed by atoms with Crippen molar-refractivity contribution < 1.29 is 4.79 Å². The topological polar surface area (TPSA) is 91.3 Å². The molecule has 0 bridgehead atoms. The van der Waals surface area contributed by atoms with Gasteiger partial charge in [-0.1, -0.05) is 20.8 Å². The molecule has 0 radical (unpaired) electrons. The van der Waals surface area contributed by atoms with Gasteiger partial charge in [0.2, 0.25) is 0 Å². The Morgan fingerprint density at radius 1 is 1.19 bits per heavy atom. The molecule has 0 saturated carbocycles. The molecular formula is C23H33N5O3. The first kappa shape index (κ1) is 21.7. The summed E-state index contributed by atoms with van der Waals surface area (Å²) in [6.07, 6.45) is 5.12. The van der Waals surface area contributed by atoms with Gasteiger partial charge in [-0.2, -0.15) is 0 Å². The lowest BCUT2D eigenvalue weighted by molar-refractivity contribution is 0.0710. The van der Waals surface area contributed by atoms with Crippen LogP contribution in [0.5, 0.6) is 0 Å². The zero-order chi connectivity index (χ0) is 22.1. The maximum Gasteiger partial charge on any atom is 0.329 e. The minimum absolute atomic E-state index is 0.0689. The van der Waals surface area contributed by atoms with E-state index in [0.29, 0.717) is 24.3 Å². The third-order valence-electron chi connectivity index (χ3n) is 6.54. The number of likely N-dealkylation sites (tertiary alicyclic amines) is 2. The molecule has 1 atom stereocenters. The summed E-state index contributed by atoms with van der Waals surface area (Å²) in [5.74, 6) is -0.0532. The van der Waals surface area contributed by atoms with Crippen LogP contribution in [-0.2, 0) is 6.54 Å². The highest BCUT2D eigenvalue weighted by Crippen LogP contribution is 2.26. The van der Waals surface area contributed by atoms with Crippen LogP contribution < -0.4 is 11.2 Å². The Balaban J connectivity index is 1.81. The summed E-state index contributed by atoms with van der Waals surface area (Å²) in [5, 5.41) is 0.231. The average molecular weight is 428 g/mol. The predicted octanol–water partition coefficient (Wildman–Crippen LogP) is 2.32. The van der Waals surface area contributed by atoms with Crippen LogP contribution in [0.1, 0.15) is 74.8 Å². The second-order valence-electron chi connectivity index (χ2n) is 9.16. The number of hydrogen-bond donors (Lipinski definition) is 1. The number of pyridine rings is 1. The number of nitrogens with zero attached hydrogens (tertiary/aromatic N) is 4. The van der Waals surface area contributed by atoms with Crippen LogP contribution in [-0.4, -0.2) is 62.5 Å². The summed E-state index contributed by atoms with van der Waals surface area (Å²) in [5.41, 5.74) is 0.405. The summed E-state index contributed by atoms with van der Waals surface area (Å²) in [6.45, 7) is 10.2. The Hall–Kier alpha value is -2.48. The van der Waals surface area contributed by atoms with Crippen molar-refractivity contribution in [1.82, 2.24) is 24.3 Å². The van der Waals surface area contributed by atoms with E-state index in [9.17, 15) is 14.4 Å². The lowest BCUT2D eigenvalue weighted by Crippen LogP contribution is -2.43. The SMILES string of the molecule is CCCn1c(=O)[nH]c(=O)c2c(C(=O)N3CCCC3CN3CCCC3)cc(C(C)C)nc21. The van der Waals surface area contributed by atoms with Gasteiger partial charge in [-0.15, -0.1) is 0 Å². The summed E-state index contributed by atoms with van der Waals surface area (Å²) < 4.78 is 1.49. The molecule has 8 nitrogen and oxygen atoms in total. The number of carbonyl (C=O) groups is 1. The van der Waals surface area contributed by atoms with Crippen LogP contribution >= 0.6 is 0 Å². The lowest BCUT2D eigenvalue weighted by Gasteiger charge is -2.29. The van der Waals surface area contributed by atoms with E-state index in [0.717, 1.165) is 44.6 Å². The van der Waals surface area contributed by atoms with E-state index in [-0.39, 0.29) is 23.3 Å². The van der Waals surface area contributed by atoms with Gasteiger partial charge >= 0.3 is 5.69 Å². The third kappa shape index (κ3) is 4.18. The van der Waals surface area contributed by atoms with Gasteiger partial charge in [0.15, 0.2) is 5.65 Å². The molecule has 4 rings (SSSR count). The highest BCUT2D eigenvalue weighted by atomic mass is 16.2. The van der Waals surface area contributed by atoms with E-state index in [1.807, 2.05) is 25.7 Å². The fourth-order valence-electron chi connectivity index (χ4n) is 4.90. The molecule has 1 amide bonds. The Labute approximate surface area is 182 Å². The van der Waals surface area contributed by atoms with Crippen LogP contribution in [0.25, 0.3) is 11.0 Å². The molecule has 1 unspecified atom stereocenters. The zero-order valence-corrected chi connectivity index (χ0v) is 18.8. The number of aromatic amines is 1. The molecule has 2 aliphatic rings. The van der Waals surface area contributed by atoms with Gasteiger partial charge in [0.05, 0.1) is 10.9 Å². The summed E-state index contributed by atoms with van der Waals surface area (Å²) in [6, 6.07) is 1.92. The maximum atomic E-state index is 13.8. The zero-order valence-electron chi connectivity index (χ0n) is 18.8. The molecule has 31 heavy (non-hydrogen) atoms. The predicted molar refractivity (Wildman–Crippen MR) is 121 cm³/mol. The number of aromatic nitrogens is 3. The quantitative estimate of drug-likeness (QED) is 0.764. The number of H-pyrrole nitrogens is 1. The van der Waals surface area contributed by atoms with Gasteiger partial charge in [-0.3, -0.25) is 19.1 Å². The minimum Gasteiger partial charge on any atom is -0.334 e. The second kappa shape index (κ2) is 8.94. The van der Waals surface area contributed by atoms with Gasteiger partial charge in [0.25, 0.3) is 11.5 Å². The highest BCUT2D eigenvalue weighted by Gasteiger charge is 2.33. The van der Waals surface area contributed by atoms with E-state index in [4.69, 9.17) is 0 Å². The largest absolute Gasteiger partial charge is 0.334 e. The monoisotopic (exact) mass is 427 g/mol. The van der Waals surface area contributed by atoms with Crippen molar-refractivity contribution >= 4 is 16.9 Å². The molecule has 0 aliphatic carbocycles. The number of rotatable bonds is 6. The average Bonchev–Trinajstić information content (AvgIpc) is 3.42. The Kier molecular flexibility index (Phi) is 6.27. The number of fused-ring (bicyclic) bond motifs is 1. The van der Waals surface area contributed by atoms with Crippen molar-refractivity contribution in [3.63, 3.8) is 0 Å². The first-order valence-electron chi connectivity index (χ1n) is 11.6. The molecule has 1 N–H and O–H groups in total. The summed E-state index contributed by atoms with van der Waals surface area (Å²) in [7, 11) is 0. The molecule has 0 spiro atoms. The number of amides is 1. The fourth-order valence-corrected chi connectivity index (χ4v) is 4.90. The van der Waals surface area contributed by atoms with Gasteiger partial charge in [0, 0.05) is 31.4 Å². The smallest absolute Gasteiger partial charge is 0.329 e. The molecule has 2 aliphatic heterocycles. The van der Waals surface area contributed by atoms with E-state index in [1.54, 1.807) is 6.07 Å². The van der Waals surface area contributed by atoms with Crippen molar-refractivity contribution in [2.24, 2.45) is 0 Å². The van der Waals surface area contributed by atoms with Crippen LogP contribution in [0.2, 0.25) is 0 Å². The van der Waals surface area contributed by atoms with E-state index >= 15 is 0 Å². The number of carbonyl (C=O) groups excluding carboxylic acids is 1. The van der Waals surface area contributed by atoms with Crippen molar-refractivity contribution in [2.45, 2.75) is 71.4 Å². The minimum atomic E-state index is -0.534. The molecule has 8 heteroatoms. The molecule has 0 aromatic carbocycles. The maximum absolute atomic E-state index is 13.8. The van der Waals surface area contributed by atoms with Crippen molar-refractivity contribution in [1.29, 1.82) is 0 Å². The number of aryl methyl sites for hydroxylation is 1. The number of hydrogen-bond acceptors (Lipinski definition) is 5.